The Morgan fingerprint density at radius 3 is 1.92 bits per heavy atom. The fourth-order valence-electron chi connectivity index (χ4n) is 6.61. The minimum absolute atomic E-state index is 0.277. The van der Waals surface area contributed by atoms with Crippen molar-refractivity contribution in [2.75, 3.05) is 0 Å². The largest absolute Gasteiger partial charge is 0.490 e. The molecule has 0 amide bonds. The number of rotatable bonds is 9. The molecule has 1 fully saturated rings. The van der Waals surface area contributed by atoms with Crippen molar-refractivity contribution in [3.8, 4) is 0 Å². The second-order valence-electron chi connectivity index (χ2n) is 14.6. The van der Waals surface area contributed by atoms with Gasteiger partial charge in [0.25, 0.3) is 15.0 Å². The van der Waals surface area contributed by atoms with Crippen molar-refractivity contribution in [3.05, 3.63) is 23.5 Å². The van der Waals surface area contributed by atoms with E-state index in [1.54, 1.807) is 5.57 Å². The molecule has 3 aliphatic carbocycles. The van der Waals surface area contributed by atoms with Crippen LogP contribution in [0.3, 0.4) is 0 Å². The van der Waals surface area contributed by atoms with Crippen LogP contribution >= 0.6 is 0 Å². The van der Waals surface area contributed by atoms with Gasteiger partial charge in [-0.05, 0) is 116 Å². The quantitative estimate of drug-likeness (QED) is 0.309. The Morgan fingerprint density at radius 2 is 1.38 bits per heavy atom. The molecule has 1 saturated carbocycles. The van der Waals surface area contributed by atoms with Gasteiger partial charge in [0.05, 0.1) is 28.2 Å². The molecule has 37 heavy (non-hydrogen) atoms. The van der Waals surface area contributed by atoms with Gasteiger partial charge in [0.15, 0.2) is 0 Å². The van der Waals surface area contributed by atoms with E-state index in [1.807, 2.05) is 55.4 Å². The van der Waals surface area contributed by atoms with Crippen molar-refractivity contribution >= 4 is 15.0 Å². The predicted molar refractivity (Wildman–Crippen MR) is 153 cm³/mol. The monoisotopic (exact) mass is 514 g/mol. The molecule has 4 aliphatic rings. The molecule has 1 aliphatic heterocycles. The molecule has 0 aromatic carbocycles. The van der Waals surface area contributed by atoms with Gasteiger partial charge in [-0.1, -0.05) is 25.3 Å². The van der Waals surface area contributed by atoms with Crippen LogP contribution in [-0.4, -0.2) is 53.7 Å². The van der Waals surface area contributed by atoms with Crippen LogP contribution in [-0.2, 0) is 14.0 Å². The van der Waals surface area contributed by atoms with Crippen molar-refractivity contribution in [1.82, 2.24) is 0 Å². The standard InChI is InChI=1S/C30H52B2O5/c1-27(2,33)29(5,6)36-31-21-15-20(16-22(18-21)32-37-30(7,8)28(3,4)34)19-13-14-26-24(17-19)23-11-9-10-12-25(23)35-26/h10,12,19-23,25,31-34H,9,11,13-18H2,1-8H3. The maximum atomic E-state index is 10.6. The fraction of sp³-hybridized carbons (Fsp3) is 0.867. The smallest absolute Gasteiger partial charge is 0.278 e. The Kier molecular flexibility index (Phi) is 8.43. The van der Waals surface area contributed by atoms with Gasteiger partial charge < -0.3 is 24.3 Å². The first kappa shape index (κ1) is 29.2. The molecule has 0 saturated heterocycles. The molecule has 7 heteroatoms. The van der Waals surface area contributed by atoms with E-state index < -0.39 is 22.4 Å². The summed E-state index contributed by atoms with van der Waals surface area (Å²) in [6, 6.07) is 0. The third-order valence-electron chi connectivity index (χ3n) is 10.6. The number of fused-ring (bicyclic) bond motifs is 2. The van der Waals surface area contributed by atoms with Gasteiger partial charge in [0.2, 0.25) is 0 Å². The lowest BCUT2D eigenvalue weighted by molar-refractivity contribution is -0.0925. The van der Waals surface area contributed by atoms with Gasteiger partial charge in [-0.2, -0.15) is 0 Å². The lowest BCUT2D eigenvalue weighted by Gasteiger charge is -2.44. The Hall–Kier alpha value is -0.750. The van der Waals surface area contributed by atoms with Crippen LogP contribution in [0.2, 0.25) is 11.6 Å². The molecule has 5 unspecified atom stereocenters. The van der Waals surface area contributed by atoms with Crippen LogP contribution in [0.5, 0.6) is 0 Å². The van der Waals surface area contributed by atoms with Gasteiger partial charge in [-0.3, -0.25) is 0 Å². The minimum Gasteiger partial charge on any atom is -0.490 e. The summed E-state index contributed by atoms with van der Waals surface area (Å²) in [5, 5.41) is 21.2. The Labute approximate surface area is 227 Å². The van der Waals surface area contributed by atoms with E-state index in [9.17, 15) is 10.2 Å². The number of hydrogen-bond acceptors (Lipinski definition) is 5. The van der Waals surface area contributed by atoms with E-state index in [-0.39, 0.29) is 6.10 Å². The van der Waals surface area contributed by atoms with Crippen molar-refractivity contribution in [2.45, 2.75) is 147 Å². The number of aliphatic hydroxyl groups is 2. The van der Waals surface area contributed by atoms with Crippen molar-refractivity contribution < 1.29 is 24.3 Å². The van der Waals surface area contributed by atoms with Crippen LogP contribution < -0.4 is 0 Å². The lowest BCUT2D eigenvalue weighted by Crippen LogP contribution is -2.49. The van der Waals surface area contributed by atoms with Crippen molar-refractivity contribution in [1.29, 1.82) is 0 Å². The topological polar surface area (TPSA) is 68.2 Å². The molecule has 0 radical (unpaired) electrons. The maximum absolute atomic E-state index is 10.6. The van der Waals surface area contributed by atoms with E-state index >= 15 is 0 Å². The molecular formula is C30H52B2O5. The first-order valence-corrected chi connectivity index (χ1v) is 14.9. The second-order valence-corrected chi connectivity index (χ2v) is 14.6. The Morgan fingerprint density at radius 1 is 0.811 bits per heavy atom. The highest BCUT2D eigenvalue weighted by Gasteiger charge is 2.44. The molecule has 0 aromatic heterocycles. The van der Waals surface area contributed by atoms with E-state index in [1.165, 1.54) is 44.3 Å². The minimum atomic E-state index is -0.903. The third kappa shape index (κ3) is 6.53. The van der Waals surface area contributed by atoms with E-state index in [0.717, 1.165) is 12.8 Å². The zero-order valence-electron chi connectivity index (χ0n) is 24.8. The van der Waals surface area contributed by atoms with Crippen LogP contribution in [0.1, 0.15) is 107 Å². The molecule has 1 heterocycles. The average Bonchev–Trinajstić information content (AvgIpc) is 3.18. The van der Waals surface area contributed by atoms with E-state index in [4.69, 9.17) is 14.0 Å². The highest BCUT2D eigenvalue weighted by Crippen LogP contribution is 2.52. The normalized spacial score (nSPS) is 33.0. The third-order valence-corrected chi connectivity index (χ3v) is 10.6. The summed E-state index contributed by atoms with van der Waals surface area (Å²) >= 11 is 0. The van der Waals surface area contributed by atoms with Gasteiger partial charge in [-0.15, -0.1) is 0 Å². The summed E-state index contributed by atoms with van der Waals surface area (Å²) in [7, 11) is 1.33. The predicted octanol–water partition coefficient (Wildman–Crippen LogP) is 5.62. The van der Waals surface area contributed by atoms with Crippen molar-refractivity contribution in [2.24, 2.45) is 17.8 Å². The van der Waals surface area contributed by atoms with Gasteiger partial charge in [0, 0.05) is 12.3 Å². The van der Waals surface area contributed by atoms with E-state index in [0.29, 0.717) is 44.4 Å². The van der Waals surface area contributed by atoms with Crippen LogP contribution in [0, 0.1) is 17.8 Å². The van der Waals surface area contributed by atoms with Crippen LogP contribution in [0.25, 0.3) is 0 Å². The zero-order valence-corrected chi connectivity index (χ0v) is 24.8. The molecule has 0 bridgehead atoms. The summed E-state index contributed by atoms with van der Waals surface area (Å²) < 4.78 is 19.1. The number of allylic oxidation sites excluding steroid dienone is 2. The maximum Gasteiger partial charge on any atom is 0.278 e. The molecule has 0 aromatic rings. The fourth-order valence-corrected chi connectivity index (χ4v) is 6.61. The average molecular weight is 514 g/mol. The highest BCUT2D eigenvalue weighted by molar-refractivity contribution is 6.32. The highest BCUT2D eigenvalue weighted by atomic mass is 16.5. The molecule has 208 valence electrons. The summed E-state index contributed by atoms with van der Waals surface area (Å²) in [5.74, 6) is 4.09. The molecular weight excluding hydrogens is 462 g/mol. The summed E-state index contributed by atoms with van der Waals surface area (Å²) in [4.78, 5) is 0. The summed E-state index contributed by atoms with van der Waals surface area (Å²) in [6.07, 6.45) is 14.1. The van der Waals surface area contributed by atoms with Crippen LogP contribution in [0.4, 0.5) is 0 Å². The lowest BCUT2D eigenvalue weighted by atomic mass is 9.54. The van der Waals surface area contributed by atoms with Gasteiger partial charge in [0.1, 0.15) is 6.10 Å². The van der Waals surface area contributed by atoms with E-state index in [2.05, 4.69) is 12.2 Å². The molecule has 4 rings (SSSR count). The van der Waals surface area contributed by atoms with Gasteiger partial charge >= 0.3 is 0 Å². The Balaban J connectivity index is 1.45. The molecule has 5 atom stereocenters. The SMILES string of the molecule is CC(C)(O)C(C)(C)OBC1CC(BOC(C)(C)C(C)(C)O)CC(C2CCC3=C(C2)C2CCC=CC2O3)C1. The first-order valence-electron chi connectivity index (χ1n) is 14.9. The molecule has 2 N–H and O–H groups in total. The number of hydrogen-bond donors (Lipinski definition) is 2. The first-order chi connectivity index (χ1) is 17.1. The van der Waals surface area contributed by atoms with Crippen molar-refractivity contribution in [3.63, 3.8) is 0 Å². The number of ether oxygens (including phenoxy) is 1. The zero-order chi connectivity index (χ0) is 27.2. The summed E-state index contributed by atoms with van der Waals surface area (Å²) in [5.41, 5.74) is -1.41. The van der Waals surface area contributed by atoms with Gasteiger partial charge in [-0.25, -0.2) is 0 Å². The molecule has 0 spiro atoms. The summed E-state index contributed by atoms with van der Waals surface area (Å²) in [6.45, 7) is 15.3. The second kappa shape index (κ2) is 10.7. The Bertz CT molecular complexity index is 828. The molecule has 5 nitrogen and oxygen atoms in total. The van der Waals surface area contributed by atoms with Crippen LogP contribution in [0.15, 0.2) is 23.5 Å².